The van der Waals surface area contributed by atoms with Crippen LogP contribution >= 0.6 is 0 Å². The number of hydrogen-bond acceptors (Lipinski definition) is 1. The molecule has 0 spiro atoms. The average Bonchev–Trinajstić information content (AvgIpc) is 2.41. The Bertz CT molecular complexity index is 647. The Morgan fingerprint density at radius 3 is 2.00 bits per heavy atom. The monoisotopic (exact) mass is 282 g/mol. The second kappa shape index (κ2) is 5.65. The Morgan fingerprint density at radius 1 is 0.810 bits per heavy atom. The molecule has 0 fully saturated rings. The van der Waals surface area contributed by atoms with Gasteiger partial charge < -0.3 is 5.11 Å². The van der Waals surface area contributed by atoms with Crippen molar-refractivity contribution in [3.63, 3.8) is 0 Å². The number of aryl methyl sites for hydroxylation is 3. The van der Waals surface area contributed by atoms with Crippen LogP contribution in [0.5, 0.6) is 0 Å². The largest absolute Gasteiger partial charge is 0.384 e. The molecule has 0 radical (unpaired) electrons. The lowest BCUT2D eigenvalue weighted by Gasteiger charge is -2.26. The number of benzene rings is 2. The van der Waals surface area contributed by atoms with Crippen molar-refractivity contribution >= 4 is 0 Å². The van der Waals surface area contributed by atoms with E-state index in [-0.39, 0.29) is 5.41 Å². The van der Waals surface area contributed by atoms with Crippen LogP contribution in [-0.2, 0) is 5.41 Å². The van der Waals surface area contributed by atoms with Crippen molar-refractivity contribution in [3.05, 3.63) is 69.8 Å². The summed E-state index contributed by atoms with van der Waals surface area (Å²) in [6.45, 7) is 12.8. The first-order chi connectivity index (χ1) is 9.71. The molecule has 2 aromatic rings. The molecular weight excluding hydrogens is 256 g/mol. The van der Waals surface area contributed by atoms with E-state index in [2.05, 4.69) is 59.7 Å². The quantitative estimate of drug-likeness (QED) is 0.822. The Kier molecular flexibility index (Phi) is 4.25. The molecule has 1 atom stereocenters. The number of hydrogen-bond donors (Lipinski definition) is 1. The maximum Gasteiger partial charge on any atom is 0.105 e. The molecule has 2 aromatic carbocycles. The van der Waals surface area contributed by atoms with Crippen LogP contribution in [-0.4, -0.2) is 5.11 Å². The lowest BCUT2D eigenvalue weighted by molar-refractivity contribution is 0.216. The first-order valence-electron chi connectivity index (χ1n) is 7.57. The van der Waals surface area contributed by atoms with Crippen molar-refractivity contribution in [2.24, 2.45) is 0 Å². The third-order valence-electron chi connectivity index (χ3n) is 4.24. The maximum atomic E-state index is 10.9. The second-order valence-electron chi connectivity index (χ2n) is 7.03. The van der Waals surface area contributed by atoms with Crippen LogP contribution < -0.4 is 0 Å². The summed E-state index contributed by atoms with van der Waals surface area (Å²) in [6, 6.07) is 12.5. The van der Waals surface area contributed by atoms with Gasteiger partial charge in [0, 0.05) is 0 Å². The van der Waals surface area contributed by atoms with E-state index in [9.17, 15) is 5.11 Å². The van der Waals surface area contributed by atoms with Gasteiger partial charge in [0.15, 0.2) is 0 Å². The van der Waals surface area contributed by atoms with Gasteiger partial charge in [-0.1, -0.05) is 57.2 Å². The highest BCUT2D eigenvalue weighted by Crippen LogP contribution is 2.34. The molecule has 0 aliphatic carbocycles. The van der Waals surface area contributed by atoms with Crippen molar-refractivity contribution in [2.45, 2.75) is 53.1 Å². The molecular formula is C20H26O. The van der Waals surface area contributed by atoms with E-state index in [0.29, 0.717) is 0 Å². The van der Waals surface area contributed by atoms with E-state index in [1.54, 1.807) is 0 Å². The average molecular weight is 282 g/mol. The standard InChI is InChI=1S/C20H26O/c1-13-11-15(3)17(12-14(13)2)19(21)16-9-7-8-10-18(16)20(4,5)6/h7-12,19,21H,1-6H3. The van der Waals surface area contributed by atoms with Crippen LogP contribution in [0.25, 0.3) is 0 Å². The van der Waals surface area contributed by atoms with Gasteiger partial charge in [-0.05, 0) is 59.6 Å². The molecule has 2 rings (SSSR count). The van der Waals surface area contributed by atoms with Crippen molar-refractivity contribution in [3.8, 4) is 0 Å². The van der Waals surface area contributed by atoms with Gasteiger partial charge in [0.1, 0.15) is 6.10 Å². The van der Waals surface area contributed by atoms with Crippen LogP contribution in [0.4, 0.5) is 0 Å². The molecule has 0 bridgehead atoms. The van der Waals surface area contributed by atoms with Gasteiger partial charge in [-0.3, -0.25) is 0 Å². The van der Waals surface area contributed by atoms with E-state index < -0.39 is 6.10 Å². The minimum atomic E-state index is -0.570. The van der Waals surface area contributed by atoms with E-state index >= 15 is 0 Å². The summed E-state index contributed by atoms with van der Waals surface area (Å²) in [6.07, 6.45) is -0.570. The number of aliphatic hydroxyl groups is 1. The van der Waals surface area contributed by atoms with Crippen molar-refractivity contribution < 1.29 is 5.11 Å². The Hall–Kier alpha value is -1.60. The van der Waals surface area contributed by atoms with Gasteiger partial charge in [0.25, 0.3) is 0 Å². The molecule has 0 saturated heterocycles. The Morgan fingerprint density at radius 2 is 1.38 bits per heavy atom. The fraction of sp³-hybridized carbons (Fsp3) is 0.400. The summed E-state index contributed by atoms with van der Waals surface area (Å²) in [5.74, 6) is 0. The summed E-state index contributed by atoms with van der Waals surface area (Å²) >= 11 is 0. The molecule has 1 nitrogen and oxygen atoms in total. The summed E-state index contributed by atoms with van der Waals surface area (Å²) in [4.78, 5) is 0. The number of rotatable bonds is 2. The van der Waals surface area contributed by atoms with Crippen molar-refractivity contribution in [2.75, 3.05) is 0 Å². The van der Waals surface area contributed by atoms with E-state index in [0.717, 1.165) is 16.7 Å². The second-order valence-corrected chi connectivity index (χ2v) is 7.03. The predicted octanol–water partition coefficient (Wildman–Crippen LogP) is 4.99. The minimum Gasteiger partial charge on any atom is -0.384 e. The van der Waals surface area contributed by atoms with Crippen LogP contribution in [0.1, 0.15) is 60.3 Å². The number of aliphatic hydroxyl groups excluding tert-OH is 1. The molecule has 1 unspecified atom stereocenters. The van der Waals surface area contributed by atoms with Crippen LogP contribution in [0, 0.1) is 20.8 Å². The smallest absolute Gasteiger partial charge is 0.105 e. The molecule has 0 saturated carbocycles. The van der Waals surface area contributed by atoms with Crippen molar-refractivity contribution in [1.29, 1.82) is 0 Å². The molecule has 112 valence electrons. The van der Waals surface area contributed by atoms with Crippen LogP contribution in [0.2, 0.25) is 0 Å². The fourth-order valence-corrected chi connectivity index (χ4v) is 2.86. The highest BCUT2D eigenvalue weighted by molar-refractivity contribution is 5.44. The molecule has 0 aliphatic heterocycles. The zero-order valence-electron chi connectivity index (χ0n) is 14.0. The first-order valence-corrected chi connectivity index (χ1v) is 7.57. The SMILES string of the molecule is Cc1cc(C)c(C(O)c2ccccc2C(C)(C)C)cc1C. The van der Waals surface area contributed by atoms with Crippen molar-refractivity contribution in [1.82, 2.24) is 0 Å². The fourth-order valence-electron chi connectivity index (χ4n) is 2.86. The minimum absolute atomic E-state index is 0.0191. The van der Waals surface area contributed by atoms with Gasteiger partial charge in [-0.2, -0.15) is 0 Å². The highest BCUT2D eigenvalue weighted by atomic mass is 16.3. The summed E-state index contributed by atoms with van der Waals surface area (Å²) < 4.78 is 0. The lowest BCUT2D eigenvalue weighted by atomic mass is 9.80. The summed E-state index contributed by atoms with van der Waals surface area (Å²) in [7, 11) is 0. The highest BCUT2D eigenvalue weighted by Gasteiger charge is 2.23. The molecule has 0 aliphatic rings. The van der Waals surface area contributed by atoms with Gasteiger partial charge in [0.05, 0.1) is 0 Å². The molecule has 1 N–H and O–H groups in total. The van der Waals surface area contributed by atoms with Gasteiger partial charge in [-0.25, -0.2) is 0 Å². The topological polar surface area (TPSA) is 20.2 Å². The van der Waals surface area contributed by atoms with Gasteiger partial charge in [0.2, 0.25) is 0 Å². The first kappa shape index (κ1) is 15.8. The van der Waals surface area contributed by atoms with Gasteiger partial charge in [-0.15, -0.1) is 0 Å². The van der Waals surface area contributed by atoms with Gasteiger partial charge >= 0.3 is 0 Å². The Balaban J connectivity index is 2.56. The lowest BCUT2D eigenvalue weighted by Crippen LogP contribution is -2.17. The third-order valence-corrected chi connectivity index (χ3v) is 4.24. The molecule has 0 aromatic heterocycles. The zero-order chi connectivity index (χ0) is 15.8. The normalized spacial score (nSPS) is 13.3. The van der Waals surface area contributed by atoms with Crippen LogP contribution in [0.15, 0.2) is 36.4 Å². The summed E-state index contributed by atoms with van der Waals surface area (Å²) in [5, 5.41) is 10.9. The van der Waals surface area contributed by atoms with Crippen LogP contribution in [0.3, 0.4) is 0 Å². The maximum absolute atomic E-state index is 10.9. The zero-order valence-corrected chi connectivity index (χ0v) is 14.0. The Labute approximate surface area is 128 Å². The molecule has 21 heavy (non-hydrogen) atoms. The molecule has 0 heterocycles. The van der Waals surface area contributed by atoms with E-state index in [1.807, 2.05) is 18.2 Å². The predicted molar refractivity (Wildman–Crippen MR) is 89.9 cm³/mol. The van der Waals surface area contributed by atoms with E-state index in [1.165, 1.54) is 16.7 Å². The van der Waals surface area contributed by atoms with E-state index in [4.69, 9.17) is 0 Å². The summed E-state index contributed by atoms with van der Waals surface area (Å²) in [5.41, 5.74) is 6.89. The third kappa shape index (κ3) is 3.19. The molecule has 0 amide bonds. The molecule has 1 heteroatoms.